The van der Waals surface area contributed by atoms with Gasteiger partial charge in [0, 0.05) is 17.5 Å². The van der Waals surface area contributed by atoms with E-state index in [1.807, 2.05) is 0 Å². The maximum Gasteiger partial charge on any atom is 0.387 e. The quantitative estimate of drug-likeness (QED) is 0.518. The molecule has 0 radical (unpaired) electrons. The van der Waals surface area contributed by atoms with E-state index in [0.717, 1.165) is 0 Å². The molecule has 30 heavy (non-hydrogen) atoms. The minimum absolute atomic E-state index is 0.0376. The SMILES string of the molecule is CCOc1cccc(COC(=O)c2nn(CC)c(=O)c3ccccc23)c1OC(F)F. The lowest BCUT2D eigenvalue weighted by molar-refractivity contribution is -0.0526. The van der Waals surface area contributed by atoms with Crippen molar-refractivity contribution in [2.75, 3.05) is 6.61 Å². The second-order valence-corrected chi connectivity index (χ2v) is 6.15. The third-order valence-electron chi connectivity index (χ3n) is 4.29. The molecule has 0 atom stereocenters. The molecule has 1 heterocycles. The fraction of sp³-hybridized carbons (Fsp3) is 0.286. The predicted molar refractivity (Wildman–Crippen MR) is 105 cm³/mol. The molecule has 1 aromatic heterocycles. The number of esters is 1. The van der Waals surface area contributed by atoms with E-state index in [4.69, 9.17) is 9.47 Å². The molecule has 0 fully saturated rings. The molecule has 0 amide bonds. The monoisotopic (exact) mass is 418 g/mol. The number of alkyl halides is 2. The molecule has 9 heteroatoms. The van der Waals surface area contributed by atoms with Crippen molar-refractivity contribution in [3.8, 4) is 11.5 Å². The number of hydrogen-bond acceptors (Lipinski definition) is 6. The van der Waals surface area contributed by atoms with Crippen molar-refractivity contribution in [1.29, 1.82) is 0 Å². The lowest BCUT2D eigenvalue weighted by Gasteiger charge is -2.15. The van der Waals surface area contributed by atoms with Crippen molar-refractivity contribution in [2.45, 2.75) is 33.6 Å². The van der Waals surface area contributed by atoms with E-state index in [-0.39, 0.29) is 48.1 Å². The van der Waals surface area contributed by atoms with E-state index in [1.165, 1.54) is 16.8 Å². The molecule has 0 aliphatic carbocycles. The smallest absolute Gasteiger partial charge is 0.387 e. The summed E-state index contributed by atoms with van der Waals surface area (Å²) in [6.07, 6.45) is 0. The first kappa shape index (κ1) is 21.2. The number of para-hydroxylation sites is 1. The maximum atomic E-state index is 12.9. The molecule has 0 aliphatic heterocycles. The zero-order valence-electron chi connectivity index (χ0n) is 16.4. The van der Waals surface area contributed by atoms with Crippen LogP contribution in [0, 0.1) is 0 Å². The standard InChI is InChI=1S/C21H20F2N2O5/c1-3-25-19(26)15-10-6-5-9-14(15)17(24-25)20(27)29-12-13-8-7-11-16(28-4-2)18(13)30-21(22)23/h5-11,21H,3-4,12H2,1-2H3. The summed E-state index contributed by atoms with van der Waals surface area (Å²) < 4.78 is 42.1. The van der Waals surface area contributed by atoms with Crippen molar-refractivity contribution in [1.82, 2.24) is 9.78 Å². The molecule has 0 N–H and O–H groups in total. The van der Waals surface area contributed by atoms with Gasteiger partial charge in [-0.05, 0) is 26.0 Å². The molecule has 3 rings (SSSR count). The number of ether oxygens (including phenoxy) is 3. The van der Waals surface area contributed by atoms with Crippen LogP contribution in [0.5, 0.6) is 11.5 Å². The minimum Gasteiger partial charge on any atom is -0.490 e. The molecule has 0 unspecified atom stereocenters. The first-order valence-electron chi connectivity index (χ1n) is 9.32. The Kier molecular flexibility index (Phi) is 6.61. The number of carbonyl (C=O) groups is 1. The van der Waals surface area contributed by atoms with Gasteiger partial charge in [0.25, 0.3) is 5.56 Å². The van der Waals surface area contributed by atoms with Crippen LogP contribution in [0.1, 0.15) is 29.9 Å². The normalized spacial score (nSPS) is 11.0. The Labute approximate surface area is 170 Å². The van der Waals surface area contributed by atoms with E-state index in [9.17, 15) is 18.4 Å². The fourth-order valence-corrected chi connectivity index (χ4v) is 2.98. The van der Waals surface area contributed by atoms with E-state index >= 15 is 0 Å². The molecule has 0 saturated heterocycles. The van der Waals surface area contributed by atoms with Crippen molar-refractivity contribution in [2.24, 2.45) is 0 Å². The van der Waals surface area contributed by atoms with Crippen LogP contribution in [0.25, 0.3) is 10.8 Å². The van der Waals surface area contributed by atoms with Gasteiger partial charge in [0.15, 0.2) is 17.2 Å². The molecule has 0 saturated carbocycles. The van der Waals surface area contributed by atoms with Crippen LogP contribution in [0.4, 0.5) is 8.78 Å². The largest absolute Gasteiger partial charge is 0.490 e. The van der Waals surface area contributed by atoms with Crippen LogP contribution in [-0.2, 0) is 17.9 Å². The van der Waals surface area contributed by atoms with E-state index in [0.29, 0.717) is 10.8 Å². The Hall–Kier alpha value is -3.49. The van der Waals surface area contributed by atoms with Crippen molar-refractivity contribution < 1.29 is 27.8 Å². The van der Waals surface area contributed by atoms with Crippen LogP contribution in [0.2, 0.25) is 0 Å². The molecule has 7 nitrogen and oxygen atoms in total. The van der Waals surface area contributed by atoms with Gasteiger partial charge in [-0.15, -0.1) is 0 Å². The zero-order chi connectivity index (χ0) is 21.7. The third-order valence-corrected chi connectivity index (χ3v) is 4.29. The fourth-order valence-electron chi connectivity index (χ4n) is 2.98. The van der Waals surface area contributed by atoms with Gasteiger partial charge in [-0.2, -0.15) is 13.9 Å². The maximum absolute atomic E-state index is 12.9. The summed E-state index contributed by atoms with van der Waals surface area (Å²) in [5.41, 5.74) is -0.145. The molecule has 2 aromatic carbocycles. The second kappa shape index (κ2) is 9.34. The van der Waals surface area contributed by atoms with Gasteiger partial charge in [0.2, 0.25) is 0 Å². The van der Waals surface area contributed by atoms with Crippen molar-refractivity contribution in [3.05, 3.63) is 64.1 Å². The molecule has 0 spiro atoms. The predicted octanol–water partition coefficient (Wildman–Crippen LogP) is 3.77. The van der Waals surface area contributed by atoms with E-state index < -0.39 is 12.6 Å². The lowest BCUT2D eigenvalue weighted by Crippen LogP contribution is -2.25. The van der Waals surface area contributed by atoms with E-state index in [2.05, 4.69) is 9.84 Å². The van der Waals surface area contributed by atoms with Gasteiger partial charge >= 0.3 is 12.6 Å². The Bertz CT molecular complexity index is 1110. The topological polar surface area (TPSA) is 79.7 Å². The Morgan fingerprint density at radius 1 is 1.10 bits per heavy atom. The minimum atomic E-state index is -3.07. The number of carbonyl (C=O) groups excluding carboxylic acids is 1. The number of fused-ring (bicyclic) bond motifs is 1. The number of benzene rings is 2. The van der Waals surface area contributed by atoms with Gasteiger partial charge in [-0.25, -0.2) is 9.48 Å². The van der Waals surface area contributed by atoms with Gasteiger partial charge in [0.05, 0.1) is 12.0 Å². The van der Waals surface area contributed by atoms with E-state index in [1.54, 1.807) is 44.2 Å². The Balaban J connectivity index is 1.92. The number of halogens is 2. The third kappa shape index (κ3) is 4.40. The van der Waals surface area contributed by atoms with Crippen LogP contribution >= 0.6 is 0 Å². The van der Waals surface area contributed by atoms with Crippen LogP contribution in [0.3, 0.4) is 0 Å². The number of aryl methyl sites for hydroxylation is 1. The first-order valence-corrected chi connectivity index (χ1v) is 9.32. The molecule has 0 bridgehead atoms. The van der Waals surface area contributed by atoms with Gasteiger partial charge in [0.1, 0.15) is 6.61 Å². The highest BCUT2D eigenvalue weighted by Crippen LogP contribution is 2.33. The second-order valence-electron chi connectivity index (χ2n) is 6.15. The molecule has 3 aromatic rings. The summed E-state index contributed by atoms with van der Waals surface area (Å²) >= 11 is 0. The van der Waals surface area contributed by atoms with Crippen LogP contribution in [0.15, 0.2) is 47.3 Å². The number of aromatic nitrogens is 2. The molecular weight excluding hydrogens is 398 g/mol. The highest BCUT2D eigenvalue weighted by Gasteiger charge is 2.20. The lowest BCUT2D eigenvalue weighted by atomic mass is 10.1. The first-order chi connectivity index (χ1) is 14.5. The molecule has 0 aliphatic rings. The van der Waals surface area contributed by atoms with Crippen LogP contribution < -0.4 is 15.0 Å². The number of rotatable bonds is 8. The summed E-state index contributed by atoms with van der Waals surface area (Å²) in [6, 6.07) is 11.1. The Morgan fingerprint density at radius 2 is 1.83 bits per heavy atom. The molecular formula is C21H20F2N2O5. The average molecular weight is 418 g/mol. The Morgan fingerprint density at radius 3 is 2.50 bits per heavy atom. The van der Waals surface area contributed by atoms with Gasteiger partial charge < -0.3 is 14.2 Å². The number of hydrogen-bond donors (Lipinski definition) is 0. The highest BCUT2D eigenvalue weighted by atomic mass is 19.3. The summed E-state index contributed by atoms with van der Waals surface area (Å²) in [7, 11) is 0. The zero-order valence-corrected chi connectivity index (χ0v) is 16.4. The van der Waals surface area contributed by atoms with Crippen LogP contribution in [-0.4, -0.2) is 29.0 Å². The number of nitrogens with zero attached hydrogens (tertiary/aromatic N) is 2. The highest BCUT2D eigenvalue weighted by molar-refractivity contribution is 6.02. The molecule has 158 valence electrons. The van der Waals surface area contributed by atoms with Gasteiger partial charge in [-0.3, -0.25) is 4.79 Å². The summed E-state index contributed by atoms with van der Waals surface area (Å²) in [5.74, 6) is -0.869. The average Bonchev–Trinajstić information content (AvgIpc) is 2.74. The summed E-state index contributed by atoms with van der Waals surface area (Å²) in [4.78, 5) is 25.1. The summed E-state index contributed by atoms with van der Waals surface area (Å²) in [6.45, 7) is 0.538. The van der Waals surface area contributed by atoms with Gasteiger partial charge in [-0.1, -0.05) is 30.3 Å². The summed E-state index contributed by atoms with van der Waals surface area (Å²) in [5, 5.41) is 4.79. The van der Waals surface area contributed by atoms with Crippen molar-refractivity contribution >= 4 is 16.7 Å². The van der Waals surface area contributed by atoms with Crippen molar-refractivity contribution in [3.63, 3.8) is 0 Å².